The smallest absolute Gasteiger partial charge is 0.220 e. The van der Waals surface area contributed by atoms with Crippen molar-refractivity contribution in [1.29, 1.82) is 0 Å². The summed E-state index contributed by atoms with van der Waals surface area (Å²) in [6.45, 7) is 7.20. The fraction of sp³-hybridized carbons (Fsp3) is 0.417. The zero-order valence-corrected chi connectivity index (χ0v) is 17.6. The van der Waals surface area contributed by atoms with Crippen LogP contribution in [-0.4, -0.2) is 49.5 Å². The molecule has 6 heteroatoms. The maximum Gasteiger partial charge on any atom is 0.220 e. The van der Waals surface area contributed by atoms with E-state index in [4.69, 9.17) is 9.47 Å². The van der Waals surface area contributed by atoms with E-state index in [-0.39, 0.29) is 24.5 Å². The topological polar surface area (TPSA) is 67.9 Å². The monoisotopic (exact) mass is 410 g/mol. The summed E-state index contributed by atoms with van der Waals surface area (Å²) in [6, 6.07) is 15.2. The maximum absolute atomic E-state index is 12.3. The average molecular weight is 411 g/mol. The Hall–Kier alpha value is -2.70. The molecule has 0 atom stereocenters. The van der Waals surface area contributed by atoms with Gasteiger partial charge in [0.05, 0.1) is 19.8 Å². The molecular formula is C24H30N2O4. The van der Waals surface area contributed by atoms with Crippen LogP contribution in [0.1, 0.15) is 41.3 Å². The number of hydrogen-bond acceptors (Lipinski definition) is 5. The highest BCUT2D eigenvalue weighted by Gasteiger charge is 2.14. The number of nitrogens with one attached hydrogen (secondary N) is 1. The summed E-state index contributed by atoms with van der Waals surface area (Å²) in [6.07, 6.45) is 0.368. The van der Waals surface area contributed by atoms with Gasteiger partial charge in [0, 0.05) is 44.6 Å². The fourth-order valence-electron chi connectivity index (χ4n) is 3.44. The Balaban J connectivity index is 1.46. The van der Waals surface area contributed by atoms with Gasteiger partial charge in [-0.1, -0.05) is 24.3 Å². The first kappa shape index (κ1) is 22.0. The molecule has 2 aromatic rings. The van der Waals surface area contributed by atoms with Crippen LogP contribution >= 0.6 is 0 Å². The Morgan fingerprint density at radius 3 is 2.40 bits per heavy atom. The largest absolute Gasteiger partial charge is 0.494 e. The number of ether oxygens (including phenoxy) is 2. The van der Waals surface area contributed by atoms with Gasteiger partial charge >= 0.3 is 0 Å². The molecule has 0 bridgehead atoms. The van der Waals surface area contributed by atoms with E-state index in [1.165, 1.54) is 5.56 Å². The quantitative estimate of drug-likeness (QED) is 0.609. The van der Waals surface area contributed by atoms with Crippen molar-refractivity contribution in [2.45, 2.75) is 32.9 Å². The number of morpholine rings is 1. The van der Waals surface area contributed by atoms with Gasteiger partial charge in [-0.25, -0.2) is 0 Å². The SMILES string of the molecule is CCOc1ccc(C(=O)CCC(=O)NCc2ccccc2CN2CCOCC2)cc1. The Morgan fingerprint density at radius 1 is 1.00 bits per heavy atom. The van der Waals surface area contributed by atoms with Crippen molar-refractivity contribution in [3.8, 4) is 5.75 Å². The van der Waals surface area contributed by atoms with E-state index in [1.807, 2.05) is 25.1 Å². The van der Waals surface area contributed by atoms with Crippen LogP contribution in [0, 0.1) is 0 Å². The second-order valence-corrected chi connectivity index (χ2v) is 7.31. The molecule has 0 spiro atoms. The molecule has 0 aliphatic carbocycles. The van der Waals surface area contributed by atoms with Crippen LogP contribution in [-0.2, 0) is 22.6 Å². The van der Waals surface area contributed by atoms with Crippen LogP contribution in [0.25, 0.3) is 0 Å². The van der Waals surface area contributed by atoms with Crippen molar-refractivity contribution in [2.75, 3.05) is 32.9 Å². The number of nitrogens with zero attached hydrogens (tertiary/aromatic N) is 1. The Labute approximate surface area is 178 Å². The highest BCUT2D eigenvalue weighted by Crippen LogP contribution is 2.15. The van der Waals surface area contributed by atoms with E-state index >= 15 is 0 Å². The molecule has 1 fully saturated rings. The number of Topliss-reactive ketones (excluding diaryl/α,β-unsaturated/α-hetero) is 1. The number of hydrogen-bond donors (Lipinski definition) is 1. The molecule has 1 aliphatic heterocycles. The lowest BCUT2D eigenvalue weighted by atomic mass is 10.1. The summed E-state index contributed by atoms with van der Waals surface area (Å²) in [5.74, 6) is 0.582. The molecule has 0 saturated carbocycles. The molecule has 3 rings (SSSR count). The van der Waals surface area contributed by atoms with Crippen LogP contribution in [0.2, 0.25) is 0 Å². The minimum Gasteiger partial charge on any atom is -0.494 e. The Morgan fingerprint density at radius 2 is 1.70 bits per heavy atom. The summed E-state index contributed by atoms with van der Waals surface area (Å²) in [7, 11) is 0. The van der Waals surface area contributed by atoms with Gasteiger partial charge in [0.1, 0.15) is 5.75 Å². The van der Waals surface area contributed by atoms with E-state index in [0.717, 1.165) is 44.2 Å². The average Bonchev–Trinajstić information content (AvgIpc) is 2.78. The predicted octanol–water partition coefficient (Wildman–Crippen LogP) is 3.20. The summed E-state index contributed by atoms with van der Waals surface area (Å²) in [5, 5.41) is 2.95. The van der Waals surface area contributed by atoms with E-state index < -0.39 is 0 Å². The predicted molar refractivity (Wildman–Crippen MR) is 116 cm³/mol. The van der Waals surface area contributed by atoms with Crippen LogP contribution in [0.3, 0.4) is 0 Å². The fourth-order valence-corrected chi connectivity index (χ4v) is 3.44. The van der Waals surface area contributed by atoms with Gasteiger partial charge in [-0.2, -0.15) is 0 Å². The van der Waals surface area contributed by atoms with Crippen molar-refractivity contribution in [3.05, 3.63) is 65.2 Å². The summed E-state index contributed by atoms with van der Waals surface area (Å²) in [5.41, 5.74) is 2.92. The minimum atomic E-state index is -0.115. The van der Waals surface area contributed by atoms with Crippen LogP contribution in [0.4, 0.5) is 0 Å². The highest BCUT2D eigenvalue weighted by atomic mass is 16.5. The zero-order valence-electron chi connectivity index (χ0n) is 17.6. The third kappa shape index (κ3) is 6.68. The number of benzene rings is 2. The molecule has 6 nitrogen and oxygen atoms in total. The molecule has 0 aromatic heterocycles. The molecule has 1 saturated heterocycles. The second-order valence-electron chi connectivity index (χ2n) is 7.31. The lowest BCUT2D eigenvalue weighted by Crippen LogP contribution is -2.36. The van der Waals surface area contributed by atoms with Gasteiger partial charge in [0.25, 0.3) is 0 Å². The second kappa shape index (κ2) is 11.5. The van der Waals surface area contributed by atoms with Gasteiger partial charge in [-0.3, -0.25) is 14.5 Å². The number of rotatable bonds is 10. The first-order valence-corrected chi connectivity index (χ1v) is 10.6. The zero-order chi connectivity index (χ0) is 21.2. The van der Waals surface area contributed by atoms with Gasteiger partial charge in [0.2, 0.25) is 5.91 Å². The van der Waals surface area contributed by atoms with Crippen molar-refractivity contribution in [2.24, 2.45) is 0 Å². The molecule has 30 heavy (non-hydrogen) atoms. The molecular weight excluding hydrogens is 380 g/mol. The molecule has 0 unspecified atom stereocenters. The van der Waals surface area contributed by atoms with Crippen LogP contribution < -0.4 is 10.1 Å². The summed E-state index contributed by atoms with van der Waals surface area (Å²) < 4.78 is 10.8. The van der Waals surface area contributed by atoms with Gasteiger partial charge in [-0.15, -0.1) is 0 Å². The minimum absolute atomic E-state index is 0.0408. The summed E-state index contributed by atoms with van der Waals surface area (Å²) >= 11 is 0. The molecule has 1 amide bonds. The number of carbonyl (C=O) groups excluding carboxylic acids is 2. The first-order valence-electron chi connectivity index (χ1n) is 10.6. The number of amides is 1. The van der Waals surface area contributed by atoms with E-state index in [2.05, 4.69) is 16.3 Å². The van der Waals surface area contributed by atoms with Gasteiger partial charge in [0.15, 0.2) is 5.78 Å². The van der Waals surface area contributed by atoms with Crippen LogP contribution in [0.15, 0.2) is 48.5 Å². The third-order valence-corrected chi connectivity index (χ3v) is 5.16. The van der Waals surface area contributed by atoms with Crippen molar-refractivity contribution < 1.29 is 19.1 Å². The first-order chi connectivity index (χ1) is 14.7. The highest BCUT2D eigenvalue weighted by molar-refractivity contribution is 5.98. The lowest BCUT2D eigenvalue weighted by molar-refractivity contribution is -0.121. The molecule has 1 aliphatic rings. The van der Waals surface area contributed by atoms with Gasteiger partial charge < -0.3 is 14.8 Å². The summed E-state index contributed by atoms with van der Waals surface area (Å²) in [4.78, 5) is 27.0. The molecule has 0 radical (unpaired) electrons. The Bertz CT molecular complexity index is 829. The van der Waals surface area contributed by atoms with Crippen molar-refractivity contribution >= 4 is 11.7 Å². The number of carbonyl (C=O) groups is 2. The third-order valence-electron chi connectivity index (χ3n) is 5.16. The van der Waals surface area contributed by atoms with Crippen molar-refractivity contribution in [3.63, 3.8) is 0 Å². The van der Waals surface area contributed by atoms with Crippen molar-refractivity contribution in [1.82, 2.24) is 10.2 Å². The normalized spacial score (nSPS) is 14.3. The molecule has 160 valence electrons. The van der Waals surface area contributed by atoms with Crippen LogP contribution in [0.5, 0.6) is 5.75 Å². The molecule has 1 heterocycles. The number of ketones is 1. The standard InChI is InChI=1S/C24H30N2O4/c1-2-30-22-9-7-19(8-10-22)23(27)11-12-24(28)25-17-20-5-3-4-6-21(20)18-26-13-15-29-16-14-26/h3-10H,2,11-18H2,1H3,(H,25,28). The maximum atomic E-state index is 12.3. The van der Waals surface area contributed by atoms with E-state index in [9.17, 15) is 9.59 Å². The Kier molecular flexibility index (Phi) is 8.41. The molecule has 1 N–H and O–H groups in total. The van der Waals surface area contributed by atoms with E-state index in [1.54, 1.807) is 24.3 Å². The van der Waals surface area contributed by atoms with Gasteiger partial charge in [-0.05, 0) is 42.3 Å². The molecule has 2 aromatic carbocycles. The van der Waals surface area contributed by atoms with E-state index in [0.29, 0.717) is 18.7 Å². The lowest BCUT2D eigenvalue weighted by Gasteiger charge is -2.27.